The number of nitrogens with zero attached hydrogens (tertiary/aromatic N) is 4. The molecule has 2 aromatic rings. The molecule has 68 valence electrons. The minimum Gasteiger partial charge on any atom is -0.415 e. The van der Waals surface area contributed by atoms with Crippen LogP contribution in [0.5, 0.6) is 0 Å². The van der Waals surface area contributed by atoms with Crippen LogP contribution < -0.4 is 10.4 Å². The normalized spacial score (nSPS) is 10.6. The lowest BCUT2D eigenvalue weighted by Crippen LogP contribution is -2.20. The van der Waals surface area contributed by atoms with E-state index in [-0.39, 0.29) is 5.56 Å². The van der Waals surface area contributed by atoms with Crippen LogP contribution in [0.15, 0.2) is 17.4 Å². The molecule has 0 amide bonds. The summed E-state index contributed by atoms with van der Waals surface area (Å²) in [6.07, 6.45) is 2.84. The number of aryl methyl sites for hydroxylation is 1. The molecule has 0 aliphatic rings. The molecule has 0 aliphatic carbocycles. The van der Waals surface area contributed by atoms with Crippen LogP contribution in [-0.4, -0.2) is 26.4 Å². The highest BCUT2D eigenvalue weighted by atomic mass is 16.6. The molecule has 0 saturated carbocycles. The van der Waals surface area contributed by atoms with Gasteiger partial charge >= 0.3 is 0 Å². The second kappa shape index (κ2) is 2.58. The third-order valence-electron chi connectivity index (χ3n) is 1.79. The van der Waals surface area contributed by atoms with Crippen LogP contribution >= 0.6 is 0 Å². The fraction of sp³-hybridized carbons (Fsp3) is 0.286. The zero-order valence-electron chi connectivity index (χ0n) is 7.26. The molecule has 0 radical (unpaired) electrons. The van der Waals surface area contributed by atoms with E-state index in [9.17, 15) is 4.79 Å². The Kier molecular flexibility index (Phi) is 1.54. The van der Waals surface area contributed by atoms with Crippen molar-refractivity contribution in [3.05, 3.63) is 23.0 Å². The van der Waals surface area contributed by atoms with E-state index in [1.807, 2.05) is 0 Å². The van der Waals surface area contributed by atoms with Crippen molar-refractivity contribution in [3.63, 3.8) is 0 Å². The van der Waals surface area contributed by atoms with Crippen molar-refractivity contribution in [1.82, 2.24) is 19.3 Å². The molecule has 0 N–H and O–H groups in total. The van der Waals surface area contributed by atoms with Crippen LogP contribution in [0.1, 0.15) is 0 Å². The minimum absolute atomic E-state index is 0.177. The Bertz CT molecular complexity index is 499. The topological polar surface area (TPSA) is 61.9 Å². The lowest BCUT2D eigenvalue weighted by atomic mass is 10.5. The molecule has 0 bridgehead atoms. The molecular formula is C7H8N4O2. The Balaban J connectivity index is 2.94. The van der Waals surface area contributed by atoms with Gasteiger partial charge in [0.15, 0.2) is 11.2 Å². The zero-order valence-corrected chi connectivity index (χ0v) is 7.26. The predicted octanol–water partition coefficient (Wildman–Crippen LogP) is -0.812. The standard InChI is InChI=1S/C7H8N4O2/c1-10-3-8-6-5(7(10)12)11(13-2)4-9-6/h3-4H,1-2H3. The summed E-state index contributed by atoms with van der Waals surface area (Å²) in [5, 5.41) is 0. The molecule has 2 aromatic heterocycles. The van der Waals surface area contributed by atoms with Gasteiger partial charge in [-0.3, -0.25) is 4.79 Å². The fourth-order valence-corrected chi connectivity index (χ4v) is 1.11. The van der Waals surface area contributed by atoms with Crippen molar-refractivity contribution in [2.45, 2.75) is 0 Å². The summed E-state index contributed by atoms with van der Waals surface area (Å²) >= 11 is 0. The fourth-order valence-electron chi connectivity index (χ4n) is 1.11. The highest BCUT2D eigenvalue weighted by Crippen LogP contribution is 2.00. The number of hydrogen-bond donors (Lipinski definition) is 0. The second-order valence-corrected chi connectivity index (χ2v) is 2.59. The van der Waals surface area contributed by atoms with E-state index >= 15 is 0 Å². The summed E-state index contributed by atoms with van der Waals surface area (Å²) < 4.78 is 2.67. The van der Waals surface area contributed by atoms with Crippen LogP contribution in [0.2, 0.25) is 0 Å². The van der Waals surface area contributed by atoms with Gasteiger partial charge in [-0.2, -0.15) is 4.73 Å². The summed E-state index contributed by atoms with van der Waals surface area (Å²) in [6, 6.07) is 0. The Morgan fingerprint density at radius 3 is 2.77 bits per heavy atom. The van der Waals surface area contributed by atoms with E-state index < -0.39 is 0 Å². The Hall–Kier alpha value is -1.85. The minimum atomic E-state index is -0.177. The van der Waals surface area contributed by atoms with Crippen LogP contribution in [0.25, 0.3) is 11.2 Å². The molecule has 13 heavy (non-hydrogen) atoms. The molecular weight excluding hydrogens is 172 g/mol. The van der Waals surface area contributed by atoms with Gasteiger partial charge in [0.25, 0.3) is 5.56 Å². The van der Waals surface area contributed by atoms with E-state index in [0.29, 0.717) is 11.2 Å². The quantitative estimate of drug-likeness (QED) is 0.575. The molecule has 0 saturated heterocycles. The maximum atomic E-state index is 11.6. The van der Waals surface area contributed by atoms with Crippen molar-refractivity contribution in [1.29, 1.82) is 0 Å². The van der Waals surface area contributed by atoms with Gasteiger partial charge in [-0.25, -0.2) is 9.97 Å². The molecule has 0 unspecified atom stereocenters. The average Bonchev–Trinajstić information content (AvgIpc) is 2.55. The van der Waals surface area contributed by atoms with Gasteiger partial charge in [-0.1, -0.05) is 0 Å². The molecule has 0 aromatic carbocycles. The number of hydrogen-bond acceptors (Lipinski definition) is 4. The third-order valence-corrected chi connectivity index (χ3v) is 1.79. The lowest BCUT2D eigenvalue weighted by molar-refractivity contribution is 0.176. The van der Waals surface area contributed by atoms with E-state index in [1.54, 1.807) is 7.05 Å². The predicted molar refractivity (Wildman–Crippen MR) is 45.3 cm³/mol. The van der Waals surface area contributed by atoms with Crippen molar-refractivity contribution >= 4 is 11.2 Å². The molecule has 6 heteroatoms. The summed E-state index contributed by atoms with van der Waals surface area (Å²) in [5.74, 6) is 0. The number of rotatable bonds is 1. The SMILES string of the molecule is COn1cnc2ncn(C)c(=O)c21. The van der Waals surface area contributed by atoms with Gasteiger partial charge in [0.1, 0.15) is 13.4 Å². The summed E-state index contributed by atoms with van der Waals surface area (Å²) in [5.41, 5.74) is 0.571. The first-order chi connectivity index (χ1) is 6.24. The van der Waals surface area contributed by atoms with Crippen LogP contribution in [0.3, 0.4) is 0 Å². The largest absolute Gasteiger partial charge is 0.415 e. The Morgan fingerprint density at radius 1 is 1.38 bits per heavy atom. The van der Waals surface area contributed by atoms with Gasteiger partial charge in [-0.05, 0) is 0 Å². The van der Waals surface area contributed by atoms with Crippen molar-refractivity contribution in [2.24, 2.45) is 7.05 Å². The number of aromatic nitrogens is 4. The first-order valence-electron chi connectivity index (χ1n) is 3.67. The van der Waals surface area contributed by atoms with Gasteiger partial charge in [-0.15, -0.1) is 0 Å². The molecule has 6 nitrogen and oxygen atoms in total. The van der Waals surface area contributed by atoms with Crippen LogP contribution in [0, 0.1) is 0 Å². The average molecular weight is 180 g/mol. The van der Waals surface area contributed by atoms with Gasteiger partial charge in [0.05, 0.1) is 6.33 Å². The summed E-state index contributed by atoms with van der Waals surface area (Å²) in [7, 11) is 3.09. The Labute approximate surface area is 73.4 Å². The molecule has 2 rings (SSSR count). The first-order valence-corrected chi connectivity index (χ1v) is 3.67. The molecule has 0 fully saturated rings. The van der Waals surface area contributed by atoms with E-state index in [0.717, 1.165) is 0 Å². The van der Waals surface area contributed by atoms with Crippen molar-refractivity contribution < 1.29 is 4.84 Å². The van der Waals surface area contributed by atoms with E-state index in [4.69, 9.17) is 4.84 Å². The summed E-state index contributed by atoms with van der Waals surface area (Å²) in [6.45, 7) is 0. The first kappa shape index (κ1) is 7.78. The highest BCUT2D eigenvalue weighted by molar-refractivity contribution is 5.68. The maximum absolute atomic E-state index is 11.6. The van der Waals surface area contributed by atoms with Crippen LogP contribution in [0.4, 0.5) is 0 Å². The second-order valence-electron chi connectivity index (χ2n) is 2.59. The number of fused-ring (bicyclic) bond motifs is 1. The van der Waals surface area contributed by atoms with Gasteiger partial charge in [0, 0.05) is 7.05 Å². The molecule has 2 heterocycles. The highest BCUT2D eigenvalue weighted by Gasteiger charge is 2.08. The van der Waals surface area contributed by atoms with E-state index in [2.05, 4.69) is 9.97 Å². The maximum Gasteiger partial charge on any atom is 0.282 e. The smallest absolute Gasteiger partial charge is 0.282 e. The third kappa shape index (κ3) is 0.986. The Morgan fingerprint density at radius 2 is 2.08 bits per heavy atom. The lowest BCUT2D eigenvalue weighted by Gasteiger charge is -2.00. The molecule has 0 aliphatic heterocycles. The van der Waals surface area contributed by atoms with Crippen molar-refractivity contribution in [3.8, 4) is 0 Å². The van der Waals surface area contributed by atoms with Gasteiger partial charge in [0.2, 0.25) is 0 Å². The monoisotopic (exact) mass is 180 g/mol. The van der Waals surface area contributed by atoms with E-state index in [1.165, 1.54) is 29.1 Å². The summed E-state index contributed by atoms with van der Waals surface area (Å²) in [4.78, 5) is 24.3. The molecule has 0 spiro atoms. The van der Waals surface area contributed by atoms with Crippen molar-refractivity contribution in [2.75, 3.05) is 7.11 Å². The zero-order chi connectivity index (χ0) is 9.42. The number of imidazole rings is 1. The van der Waals surface area contributed by atoms with Crippen LogP contribution in [-0.2, 0) is 7.05 Å². The van der Waals surface area contributed by atoms with Gasteiger partial charge < -0.3 is 9.40 Å². The molecule has 0 atom stereocenters.